The molecule has 0 fully saturated rings. The van der Waals surface area contributed by atoms with Crippen LogP contribution in [0.4, 0.5) is 4.79 Å². The van der Waals surface area contributed by atoms with Crippen molar-refractivity contribution in [2.24, 2.45) is 0 Å². The van der Waals surface area contributed by atoms with E-state index in [2.05, 4.69) is 5.32 Å². The number of aliphatic carboxylic acids is 1. The van der Waals surface area contributed by atoms with Crippen LogP contribution >= 0.6 is 0 Å². The molecule has 0 aliphatic carbocycles. The van der Waals surface area contributed by atoms with Crippen molar-refractivity contribution in [1.82, 2.24) is 5.32 Å². The fourth-order valence-electron chi connectivity index (χ4n) is 2.33. The molecule has 6 nitrogen and oxygen atoms in total. The third kappa shape index (κ3) is 4.21. The molecule has 0 saturated carbocycles. The summed E-state index contributed by atoms with van der Waals surface area (Å²) in [5.41, 5.74) is 2.28. The second kappa shape index (κ2) is 6.36. The van der Waals surface area contributed by atoms with E-state index in [1.54, 1.807) is 20.8 Å². The Labute approximate surface area is 129 Å². The summed E-state index contributed by atoms with van der Waals surface area (Å²) in [7, 11) is 0. The summed E-state index contributed by atoms with van der Waals surface area (Å²) in [5, 5.41) is 11.7. The van der Waals surface area contributed by atoms with E-state index >= 15 is 0 Å². The van der Waals surface area contributed by atoms with Crippen LogP contribution in [-0.2, 0) is 33.9 Å². The molecule has 1 atom stereocenters. The molecule has 0 unspecified atom stereocenters. The molecule has 2 N–H and O–H groups in total. The first-order valence-electron chi connectivity index (χ1n) is 7.16. The summed E-state index contributed by atoms with van der Waals surface area (Å²) in [4.78, 5) is 23.2. The van der Waals surface area contributed by atoms with Gasteiger partial charge in [0.25, 0.3) is 0 Å². The zero-order valence-corrected chi connectivity index (χ0v) is 13.0. The maximum absolute atomic E-state index is 11.8. The summed E-state index contributed by atoms with van der Waals surface area (Å²) < 4.78 is 10.5. The minimum atomic E-state index is -1.10. The van der Waals surface area contributed by atoms with E-state index in [0.717, 1.165) is 16.7 Å². The van der Waals surface area contributed by atoms with Gasteiger partial charge in [0.05, 0.1) is 13.2 Å². The fraction of sp³-hybridized carbons (Fsp3) is 0.500. The van der Waals surface area contributed by atoms with E-state index in [1.165, 1.54) is 0 Å². The van der Waals surface area contributed by atoms with Crippen LogP contribution in [0.3, 0.4) is 0 Å². The lowest BCUT2D eigenvalue weighted by Gasteiger charge is -2.22. The third-order valence-corrected chi connectivity index (χ3v) is 3.29. The molecule has 120 valence electrons. The molecule has 1 aliphatic rings. The van der Waals surface area contributed by atoms with Crippen molar-refractivity contribution in [3.05, 3.63) is 34.9 Å². The maximum Gasteiger partial charge on any atom is 0.408 e. The number of carboxylic acid groups (broad SMARTS) is 1. The van der Waals surface area contributed by atoms with Crippen LogP contribution in [0, 0.1) is 0 Å². The van der Waals surface area contributed by atoms with Crippen molar-refractivity contribution >= 4 is 12.1 Å². The molecule has 0 radical (unpaired) electrons. The normalized spacial score (nSPS) is 15.0. The number of amides is 1. The standard InChI is InChI=1S/C16H21NO5/c1-16(2,3)22-15(20)17-13(14(18)19)7-10-5-4-6-11-8-21-9-12(10)11/h4-6,13H,7-9H2,1-3H3,(H,17,20)(H,18,19)/t13-/m1/s1. The highest BCUT2D eigenvalue weighted by atomic mass is 16.6. The predicted octanol–water partition coefficient (Wildman–Crippen LogP) is 2.24. The Morgan fingerprint density at radius 1 is 1.36 bits per heavy atom. The summed E-state index contributed by atoms with van der Waals surface area (Å²) >= 11 is 0. The monoisotopic (exact) mass is 307 g/mol. The quantitative estimate of drug-likeness (QED) is 0.891. The second-order valence-electron chi connectivity index (χ2n) is 6.29. The highest BCUT2D eigenvalue weighted by Crippen LogP contribution is 2.24. The van der Waals surface area contributed by atoms with Crippen LogP contribution in [-0.4, -0.2) is 28.8 Å². The molecule has 1 aromatic carbocycles. The number of carboxylic acids is 1. The van der Waals surface area contributed by atoms with Crippen LogP contribution in [0.15, 0.2) is 18.2 Å². The summed E-state index contributed by atoms with van der Waals surface area (Å²) in [6.45, 7) is 6.20. The topological polar surface area (TPSA) is 84.9 Å². The summed E-state index contributed by atoms with van der Waals surface area (Å²) in [5.74, 6) is -1.10. The van der Waals surface area contributed by atoms with Gasteiger partial charge in [-0.25, -0.2) is 9.59 Å². The molecule has 6 heteroatoms. The van der Waals surface area contributed by atoms with E-state index in [4.69, 9.17) is 9.47 Å². The van der Waals surface area contributed by atoms with Gasteiger partial charge in [-0.2, -0.15) is 0 Å². The van der Waals surface area contributed by atoms with Crippen LogP contribution in [0.25, 0.3) is 0 Å². The molecule has 0 spiro atoms. The smallest absolute Gasteiger partial charge is 0.408 e. The van der Waals surface area contributed by atoms with E-state index in [-0.39, 0.29) is 6.42 Å². The van der Waals surface area contributed by atoms with Gasteiger partial charge in [0, 0.05) is 6.42 Å². The molecule has 1 amide bonds. The maximum atomic E-state index is 11.8. The van der Waals surface area contributed by atoms with Gasteiger partial charge < -0.3 is 19.9 Å². The Morgan fingerprint density at radius 2 is 2.09 bits per heavy atom. The predicted molar refractivity (Wildman–Crippen MR) is 79.4 cm³/mol. The number of rotatable bonds is 4. The minimum absolute atomic E-state index is 0.196. The molecule has 22 heavy (non-hydrogen) atoms. The molecule has 0 saturated heterocycles. The van der Waals surface area contributed by atoms with Gasteiger partial charge in [-0.3, -0.25) is 0 Å². The van der Waals surface area contributed by atoms with Crippen LogP contribution < -0.4 is 5.32 Å². The van der Waals surface area contributed by atoms with Crippen LogP contribution in [0.2, 0.25) is 0 Å². The summed E-state index contributed by atoms with van der Waals surface area (Å²) in [6.07, 6.45) is -0.537. The van der Waals surface area contributed by atoms with Gasteiger partial charge in [0.15, 0.2) is 0 Å². The number of fused-ring (bicyclic) bond motifs is 1. The number of carbonyl (C=O) groups excluding carboxylic acids is 1. The lowest BCUT2D eigenvalue weighted by Crippen LogP contribution is -2.44. The van der Waals surface area contributed by atoms with Crippen molar-refractivity contribution in [2.75, 3.05) is 0 Å². The van der Waals surface area contributed by atoms with E-state index in [1.807, 2.05) is 18.2 Å². The van der Waals surface area contributed by atoms with Gasteiger partial charge in [-0.15, -0.1) is 0 Å². The molecule has 0 bridgehead atoms. The highest BCUT2D eigenvalue weighted by Gasteiger charge is 2.26. The number of nitrogens with one attached hydrogen (secondary N) is 1. The zero-order valence-electron chi connectivity index (χ0n) is 13.0. The van der Waals surface area contributed by atoms with Crippen LogP contribution in [0.1, 0.15) is 37.5 Å². The van der Waals surface area contributed by atoms with E-state index in [9.17, 15) is 14.7 Å². The van der Waals surface area contributed by atoms with Crippen molar-refractivity contribution in [3.8, 4) is 0 Å². The first kappa shape index (κ1) is 16.3. The zero-order chi connectivity index (χ0) is 16.3. The largest absolute Gasteiger partial charge is 0.480 e. The van der Waals surface area contributed by atoms with Gasteiger partial charge in [0.1, 0.15) is 11.6 Å². The first-order chi connectivity index (χ1) is 10.3. The van der Waals surface area contributed by atoms with Crippen molar-refractivity contribution in [1.29, 1.82) is 0 Å². The number of hydrogen-bond acceptors (Lipinski definition) is 4. The number of alkyl carbamates (subject to hydrolysis) is 1. The molecule has 1 aromatic rings. The minimum Gasteiger partial charge on any atom is -0.480 e. The number of ether oxygens (including phenoxy) is 2. The molecular formula is C16H21NO5. The second-order valence-corrected chi connectivity index (χ2v) is 6.29. The van der Waals surface area contributed by atoms with Gasteiger partial charge >= 0.3 is 12.1 Å². The van der Waals surface area contributed by atoms with E-state index in [0.29, 0.717) is 13.2 Å². The Balaban J connectivity index is 2.09. The number of benzene rings is 1. The summed E-state index contributed by atoms with van der Waals surface area (Å²) in [6, 6.07) is 4.65. The lowest BCUT2D eigenvalue weighted by atomic mass is 9.97. The average Bonchev–Trinajstić information content (AvgIpc) is 2.84. The van der Waals surface area contributed by atoms with Crippen molar-refractivity contribution in [2.45, 2.75) is 52.0 Å². The molecular weight excluding hydrogens is 286 g/mol. The van der Waals surface area contributed by atoms with Crippen molar-refractivity contribution in [3.63, 3.8) is 0 Å². The van der Waals surface area contributed by atoms with Gasteiger partial charge in [-0.05, 0) is 37.5 Å². The Kier molecular flexibility index (Phi) is 4.71. The van der Waals surface area contributed by atoms with Crippen LogP contribution in [0.5, 0.6) is 0 Å². The first-order valence-corrected chi connectivity index (χ1v) is 7.16. The number of hydrogen-bond donors (Lipinski definition) is 2. The fourth-order valence-corrected chi connectivity index (χ4v) is 2.33. The third-order valence-electron chi connectivity index (χ3n) is 3.29. The Bertz CT molecular complexity index is 576. The Hall–Kier alpha value is -2.08. The molecule has 1 heterocycles. The van der Waals surface area contributed by atoms with Gasteiger partial charge in [-0.1, -0.05) is 18.2 Å². The van der Waals surface area contributed by atoms with E-state index < -0.39 is 23.7 Å². The molecule has 1 aliphatic heterocycles. The highest BCUT2D eigenvalue weighted by molar-refractivity contribution is 5.80. The molecule has 2 rings (SSSR count). The average molecular weight is 307 g/mol. The lowest BCUT2D eigenvalue weighted by molar-refractivity contribution is -0.139. The number of carbonyl (C=O) groups is 2. The molecule has 0 aromatic heterocycles. The van der Waals surface area contributed by atoms with Gasteiger partial charge in [0.2, 0.25) is 0 Å². The van der Waals surface area contributed by atoms with Crippen molar-refractivity contribution < 1.29 is 24.2 Å². The SMILES string of the molecule is CC(C)(C)OC(=O)N[C@H](Cc1cccc2c1COC2)C(=O)O. The Morgan fingerprint density at radius 3 is 2.73 bits per heavy atom.